The maximum atomic E-state index is 12.2. The molecule has 3 atom stereocenters. The van der Waals surface area contributed by atoms with E-state index in [0.29, 0.717) is 5.92 Å². The summed E-state index contributed by atoms with van der Waals surface area (Å²) < 4.78 is 0. The van der Waals surface area contributed by atoms with Crippen molar-refractivity contribution >= 4 is 17.2 Å². The van der Waals surface area contributed by atoms with Gasteiger partial charge in [-0.2, -0.15) is 0 Å². The molecule has 1 aliphatic heterocycles. The lowest BCUT2D eigenvalue weighted by Gasteiger charge is -2.30. The fourth-order valence-corrected chi connectivity index (χ4v) is 3.34. The fraction of sp³-hybridized carbons (Fsp3) is 0.643. The zero-order valence-corrected chi connectivity index (χ0v) is 12.1. The first kappa shape index (κ1) is 13.6. The highest BCUT2D eigenvalue weighted by Gasteiger charge is 2.28. The molecule has 1 fully saturated rings. The quantitative estimate of drug-likeness (QED) is 0.883. The van der Waals surface area contributed by atoms with Crippen molar-refractivity contribution in [3.8, 4) is 0 Å². The van der Waals surface area contributed by atoms with E-state index in [0.717, 1.165) is 13.0 Å². The third-order valence-electron chi connectivity index (χ3n) is 3.60. The zero-order chi connectivity index (χ0) is 13.1. The van der Waals surface area contributed by atoms with Crippen molar-refractivity contribution < 1.29 is 4.79 Å². The third kappa shape index (κ3) is 3.12. The molecule has 1 amide bonds. The predicted octanol–water partition coefficient (Wildman–Crippen LogP) is 2.62. The van der Waals surface area contributed by atoms with E-state index in [4.69, 9.17) is 0 Å². The van der Waals surface area contributed by atoms with Crippen LogP contribution in [0.5, 0.6) is 0 Å². The van der Waals surface area contributed by atoms with E-state index in [1.54, 1.807) is 11.3 Å². The van der Waals surface area contributed by atoms with Gasteiger partial charge < -0.3 is 10.6 Å². The first-order chi connectivity index (χ1) is 8.58. The van der Waals surface area contributed by atoms with Gasteiger partial charge in [-0.05, 0) is 51.3 Å². The summed E-state index contributed by atoms with van der Waals surface area (Å²) in [7, 11) is 0. The molecular formula is C14H22N2OS. The number of thiophene rings is 1. The first-order valence-electron chi connectivity index (χ1n) is 6.68. The first-order valence-corrected chi connectivity index (χ1v) is 7.49. The number of piperidine rings is 1. The smallest absolute Gasteiger partial charge is 0.237 e. The van der Waals surface area contributed by atoms with Gasteiger partial charge in [-0.15, -0.1) is 11.3 Å². The molecule has 1 aromatic rings. The number of hydrogen-bond acceptors (Lipinski definition) is 3. The number of rotatable bonds is 3. The summed E-state index contributed by atoms with van der Waals surface area (Å²) in [5.74, 6) is 0.566. The van der Waals surface area contributed by atoms with E-state index in [1.165, 1.54) is 16.2 Å². The van der Waals surface area contributed by atoms with Crippen LogP contribution in [0.4, 0.5) is 0 Å². The van der Waals surface area contributed by atoms with Crippen LogP contribution < -0.4 is 10.6 Å². The normalized spacial score (nSPS) is 25.7. The van der Waals surface area contributed by atoms with Crippen LogP contribution in [0.1, 0.15) is 42.5 Å². The minimum absolute atomic E-state index is 0.0257. The fourth-order valence-electron chi connectivity index (χ4n) is 2.46. The van der Waals surface area contributed by atoms with Gasteiger partial charge in [0.25, 0.3) is 0 Å². The Bertz CT molecular complexity index is 416. The van der Waals surface area contributed by atoms with Crippen LogP contribution in [0.25, 0.3) is 0 Å². The third-order valence-corrected chi connectivity index (χ3v) is 4.78. The Balaban J connectivity index is 1.94. The molecule has 2 N–H and O–H groups in total. The molecule has 0 bridgehead atoms. The lowest BCUT2D eigenvalue weighted by atomic mass is 9.92. The molecule has 2 heterocycles. The number of nitrogens with one attached hydrogen (secondary N) is 2. The molecular weight excluding hydrogens is 244 g/mol. The average Bonchev–Trinajstić information content (AvgIpc) is 2.76. The van der Waals surface area contributed by atoms with Crippen molar-refractivity contribution in [1.82, 2.24) is 10.6 Å². The zero-order valence-electron chi connectivity index (χ0n) is 11.3. The summed E-state index contributed by atoms with van der Waals surface area (Å²) >= 11 is 1.75. The second-order valence-corrected chi connectivity index (χ2v) is 6.55. The second-order valence-electron chi connectivity index (χ2n) is 5.23. The Labute approximate surface area is 113 Å². The molecule has 0 aromatic carbocycles. The Morgan fingerprint density at radius 3 is 2.94 bits per heavy atom. The van der Waals surface area contributed by atoms with E-state index in [2.05, 4.69) is 43.5 Å². The highest BCUT2D eigenvalue weighted by Crippen LogP contribution is 2.23. The van der Waals surface area contributed by atoms with Gasteiger partial charge in [-0.3, -0.25) is 4.79 Å². The number of hydrogen-bond donors (Lipinski definition) is 2. The van der Waals surface area contributed by atoms with Crippen LogP contribution in [0.2, 0.25) is 0 Å². The van der Waals surface area contributed by atoms with Crippen molar-refractivity contribution in [3.63, 3.8) is 0 Å². The minimum atomic E-state index is -0.0257. The Kier molecular flexibility index (Phi) is 4.40. The molecule has 2 rings (SSSR count). The Morgan fingerprint density at radius 2 is 2.33 bits per heavy atom. The standard InChI is InChI=1S/C14H22N2OS/c1-9-5-4-8-15-13(9)14(17)16-11(3)12-7-6-10(2)18-12/h6-7,9,11,13,15H,4-5,8H2,1-3H3,(H,16,17). The van der Waals surface area contributed by atoms with Crippen molar-refractivity contribution in [1.29, 1.82) is 0 Å². The molecule has 0 radical (unpaired) electrons. The highest BCUT2D eigenvalue weighted by molar-refractivity contribution is 7.12. The number of aryl methyl sites for hydroxylation is 1. The Hall–Kier alpha value is -0.870. The van der Waals surface area contributed by atoms with E-state index in [1.807, 2.05) is 0 Å². The van der Waals surface area contributed by atoms with Crippen molar-refractivity contribution in [2.75, 3.05) is 6.54 Å². The number of amides is 1. The summed E-state index contributed by atoms with van der Waals surface area (Å²) in [5.41, 5.74) is 0. The van der Waals surface area contributed by atoms with Gasteiger partial charge in [0.15, 0.2) is 0 Å². The number of carbonyl (C=O) groups is 1. The summed E-state index contributed by atoms with van der Waals surface area (Å²) in [6.07, 6.45) is 2.31. The van der Waals surface area contributed by atoms with Gasteiger partial charge in [-0.1, -0.05) is 6.92 Å². The van der Waals surface area contributed by atoms with Crippen molar-refractivity contribution in [2.24, 2.45) is 5.92 Å². The molecule has 100 valence electrons. The van der Waals surface area contributed by atoms with E-state index < -0.39 is 0 Å². The van der Waals surface area contributed by atoms with Gasteiger partial charge in [0.2, 0.25) is 5.91 Å². The molecule has 0 aliphatic carbocycles. The summed E-state index contributed by atoms with van der Waals surface area (Å²) in [4.78, 5) is 14.7. The van der Waals surface area contributed by atoms with Crippen molar-refractivity contribution in [2.45, 2.75) is 45.7 Å². The topological polar surface area (TPSA) is 41.1 Å². The van der Waals surface area contributed by atoms with Crippen LogP contribution in [0.15, 0.2) is 12.1 Å². The molecule has 0 spiro atoms. The summed E-state index contributed by atoms with van der Waals surface area (Å²) in [6, 6.07) is 4.28. The van der Waals surface area contributed by atoms with Gasteiger partial charge >= 0.3 is 0 Å². The average molecular weight is 266 g/mol. The van der Waals surface area contributed by atoms with Crippen LogP contribution in [0.3, 0.4) is 0 Å². The highest BCUT2D eigenvalue weighted by atomic mass is 32.1. The van der Waals surface area contributed by atoms with Crippen LogP contribution >= 0.6 is 11.3 Å². The molecule has 1 aromatic heterocycles. The van der Waals surface area contributed by atoms with Gasteiger partial charge in [0, 0.05) is 9.75 Å². The second kappa shape index (κ2) is 5.85. The lowest BCUT2D eigenvalue weighted by Crippen LogP contribution is -2.51. The van der Waals surface area contributed by atoms with Crippen LogP contribution in [-0.4, -0.2) is 18.5 Å². The largest absolute Gasteiger partial charge is 0.347 e. The van der Waals surface area contributed by atoms with Gasteiger partial charge in [-0.25, -0.2) is 0 Å². The summed E-state index contributed by atoms with van der Waals surface area (Å²) in [6.45, 7) is 7.25. The predicted molar refractivity (Wildman–Crippen MR) is 75.8 cm³/mol. The van der Waals surface area contributed by atoms with E-state index >= 15 is 0 Å². The minimum Gasteiger partial charge on any atom is -0.347 e. The molecule has 1 saturated heterocycles. The van der Waals surface area contributed by atoms with Crippen LogP contribution in [-0.2, 0) is 4.79 Å². The van der Waals surface area contributed by atoms with Gasteiger partial charge in [0.05, 0.1) is 12.1 Å². The summed E-state index contributed by atoms with van der Waals surface area (Å²) in [5, 5.41) is 6.44. The molecule has 3 unspecified atom stereocenters. The molecule has 3 nitrogen and oxygen atoms in total. The maximum absolute atomic E-state index is 12.2. The van der Waals surface area contributed by atoms with Crippen LogP contribution in [0, 0.1) is 12.8 Å². The number of carbonyl (C=O) groups excluding carboxylic acids is 1. The van der Waals surface area contributed by atoms with Crippen molar-refractivity contribution in [3.05, 3.63) is 21.9 Å². The maximum Gasteiger partial charge on any atom is 0.237 e. The lowest BCUT2D eigenvalue weighted by molar-refractivity contribution is -0.125. The molecule has 4 heteroatoms. The van der Waals surface area contributed by atoms with E-state index in [-0.39, 0.29) is 18.0 Å². The van der Waals surface area contributed by atoms with Gasteiger partial charge in [0.1, 0.15) is 0 Å². The molecule has 0 saturated carbocycles. The molecule has 1 aliphatic rings. The molecule has 18 heavy (non-hydrogen) atoms. The van der Waals surface area contributed by atoms with E-state index in [9.17, 15) is 4.79 Å². The monoisotopic (exact) mass is 266 g/mol. The SMILES string of the molecule is Cc1ccc(C(C)NC(=O)C2NCCCC2C)s1. The Morgan fingerprint density at radius 1 is 1.56 bits per heavy atom.